The summed E-state index contributed by atoms with van der Waals surface area (Å²) in [5.74, 6) is 1.58. The van der Waals surface area contributed by atoms with E-state index in [4.69, 9.17) is 9.47 Å². The number of rotatable bonds is 8. The molecule has 0 heterocycles. The van der Waals surface area contributed by atoms with Crippen LogP contribution in [0.4, 0.5) is 4.79 Å². The Labute approximate surface area is 171 Å². The van der Waals surface area contributed by atoms with Gasteiger partial charge in [-0.05, 0) is 41.0 Å². The normalized spacial score (nSPS) is 10.3. The van der Waals surface area contributed by atoms with Crippen molar-refractivity contribution in [3.05, 3.63) is 84.4 Å². The fourth-order valence-electron chi connectivity index (χ4n) is 3.01. The van der Waals surface area contributed by atoms with Crippen molar-refractivity contribution in [3.63, 3.8) is 0 Å². The van der Waals surface area contributed by atoms with Gasteiger partial charge in [0.1, 0.15) is 18.1 Å². The van der Waals surface area contributed by atoms with Crippen molar-refractivity contribution in [2.75, 3.05) is 27.3 Å². The summed E-state index contributed by atoms with van der Waals surface area (Å²) in [7, 11) is 3.27. The Morgan fingerprint density at radius 3 is 2.10 bits per heavy atom. The highest BCUT2D eigenvalue weighted by Gasteiger charge is 2.12. The molecular formula is C24H26N2O3. The molecular weight excluding hydrogens is 364 g/mol. The van der Waals surface area contributed by atoms with Crippen molar-refractivity contribution in [1.82, 2.24) is 10.2 Å². The molecule has 3 rings (SSSR count). The van der Waals surface area contributed by atoms with E-state index in [0.717, 1.165) is 22.6 Å². The van der Waals surface area contributed by atoms with E-state index in [9.17, 15) is 4.79 Å². The first kappa shape index (κ1) is 20.3. The molecule has 5 heteroatoms. The summed E-state index contributed by atoms with van der Waals surface area (Å²) in [6.45, 7) is 1.39. The summed E-state index contributed by atoms with van der Waals surface area (Å²) >= 11 is 0. The second-order valence-corrected chi connectivity index (χ2v) is 6.56. The maximum atomic E-state index is 12.2. The lowest BCUT2D eigenvalue weighted by atomic mass is 10.1. The van der Waals surface area contributed by atoms with Crippen LogP contribution in [0, 0.1) is 0 Å². The van der Waals surface area contributed by atoms with Crippen molar-refractivity contribution in [2.24, 2.45) is 0 Å². The van der Waals surface area contributed by atoms with Crippen molar-refractivity contribution in [1.29, 1.82) is 0 Å². The lowest BCUT2D eigenvalue weighted by molar-refractivity contribution is 0.181. The molecule has 3 aromatic carbocycles. The van der Waals surface area contributed by atoms with Gasteiger partial charge in [-0.15, -0.1) is 0 Å². The maximum absolute atomic E-state index is 12.2. The Bertz CT molecular complexity index is 894. The lowest BCUT2D eigenvalue weighted by Gasteiger charge is -2.22. The number of nitrogens with one attached hydrogen (secondary N) is 1. The van der Waals surface area contributed by atoms with Crippen LogP contribution in [0.25, 0.3) is 11.1 Å². The van der Waals surface area contributed by atoms with Gasteiger partial charge in [-0.3, -0.25) is 0 Å². The zero-order valence-electron chi connectivity index (χ0n) is 16.8. The van der Waals surface area contributed by atoms with Crippen molar-refractivity contribution in [2.45, 2.75) is 6.54 Å². The zero-order chi connectivity index (χ0) is 20.5. The van der Waals surface area contributed by atoms with E-state index in [1.54, 1.807) is 19.1 Å². The molecule has 0 fully saturated rings. The monoisotopic (exact) mass is 390 g/mol. The highest BCUT2D eigenvalue weighted by molar-refractivity contribution is 5.73. The molecule has 0 saturated heterocycles. The fraction of sp³-hybridized carbons (Fsp3) is 0.208. The Morgan fingerprint density at radius 2 is 1.48 bits per heavy atom. The van der Waals surface area contributed by atoms with Crippen LogP contribution in [0.3, 0.4) is 0 Å². The quantitative estimate of drug-likeness (QED) is 0.612. The molecule has 0 radical (unpaired) electrons. The molecule has 0 atom stereocenters. The molecule has 29 heavy (non-hydrogen) atoms. The molecule has 150 valence electrons. The summed E-state index contributed by atoms with van der Waals surface area (Å²) in [6.07, 6.45) is 0. The number of hydrogen-bond donors (Lipinski definition) is 1. The van der Waals surface area contributed by atoms with Gasteiger partial charge in [0.05, 0.1) is 13.7 Å². The van der Waals surface area contributed by atoms with Crippen molar-refractivity contribution in [3.8, 4) is 22.6 Å². The average molecular weight is 390 g/mol. The Hall–Kier alpha value is -3.47. The van der Waals surface area contributed by atoms with E-state index >= 15 is 0 Å². The van der Waals surface area contributed by atoms with Gasteiger partial charge in [0.15, 0.2) is 0 Å². The number of carbonyl (C=O) groups is 1. The third-order valence-corrected chi connectivity index (χ3v) is 4.62. The van der Waals surface area contributed by atoms with Gasteiger partial charge < -0.3 is 19.7 Å². The van der Waals surface area contributed by atoms with Crippen LogP contribution in [0.15, 0.2) is 78.9 Å². The lowest BCUT2D eigenvalue weighted by Crippen LogP contribution is -2.40. The molecule has 0 bridgehead atoms. The number of hydrogen-bond acceptors (Lipinski definition) is 3. The number of ether oxygens (including phenoxy) is 2. The minimum atomic E-state index is -0.135. The van der Waals surface area contributed by atoms with E-state index in [2.05, 4.69) is 17.4 Å². The van der Waals surface area contributed by atoms with Crippen LogP contribution in [-0.2, 0) is 6.54 Å². The van der Waals surface area contributed by atoms with Crippen LogP contribution in [0.2, 0.25) is 0 Å². The van der Waals surface area contributed by atoms with E-state index in [1.165, 1.54) is 5.56 Å². The number of nitrogens with zero attached hydrogens (tertiary/aromatic N) is 1. The topological polar surface area (TPSA) is 50.8 Å². The SMILES string of the molecule is CNC(=O)N(CCOc1ccc(-c2ccccc2)cc1)Cc1ccc(OC)cc1. The third kappa shape index (κ3) is 5.75. The Morgan fingerprint density at radius 1 is 0.862 bits per heavy atom. The number of benzene rings is 3. The molecule has 0 spiro atoms. The Kier molecular flexibility index (Phi) is 7.11. The molecule has 5 nitrogen and oxygen atoms in total. The van der Waals surface area contributed by atoms with Gasteiger partial charge in [-0.25, -0.2) is 4.79 Å². The molecule has 0 aliphatic carbocycles. The third-order valence-electron chi connectivity index (χ3n) is 4.62. The molecule has 2 amide bonds. The largest absolute Gasteiger partial charge is 0.497 e. The van der Waals surface area contributed by atoms with Crippen molar-refractivity contribution < 1.29 is 14.3 Å². The standard InChI is InChI=1S/C24H26N2O3/c1-25-24(27)26(18-19-8-12-22(28-2)13-9-19)16-17-29-23-14-10-21(11-15-23)20-6-4-3-5-7-20/h3-15H,16-18H2,1-2H3,(H,25,27). The van der Waals surface area contributed by atoms with Crippen LogP contribution < -0.4 is 14.8 Å². The summed E-state index contributed by atoms with van der Waals surface area (Å²) in [5, 5.41) is 2.69. The molecule has 0 aliphatic rings. The summed E-state index contributed by atoms with van der Waals surface area (Å²) in [6, 6.07) is 25.8. The van der Waals surface area contributed by atoms with Gasteiger partial charge in [-0.1, -0.05) is 54.6 Å². The van der Waals surface area contributed by atoms with Gasteiger partial charge in [0, 0.05) is 13.6 Å². The second-order valence-electron chi connectivity index (χ2n) is 6.56. The smallest absolute Gasteiger partial charge is 0.317 e. The van der Waals surface area contributed by atoms with Gasteiger partial charge in [0.25, 0.3) is 0 Å². The molecule has 1 N–H and O–H groups in total. The van der Waals surface area contributed by atoms with Crippen molar-refractivity contribution >= 4 is 6.03 Å². The minimum Gasteiger partial charge on any atom is -0.497 e. The molecule has 0 aliphatic heterocycles. The predicted molar refractivity (Wildman–Crippen MR) is 115 cm³/mol. The van der Waals surface area contributed by atoms with E-state index in [1.807, 2.05) is 66.7 Å². The number of methoxy groups -OCH3 is 1. The van der Waals surface area contributed by atoms with Gasteiger partial charge >= 0.3 is 6.03 Å². The first-order chi connectivity index (χ1) is 14.2. The predicted octanol–water partition coefficient (Wildman–Crippen LogP) is 4.58. The summed E-state index contributed by atoms with van der Waals surface area (Å²) < 4.78 is 11.0. The fourth-order valence-corrected chi connectivity index (χ4v) is 3.01. The number of urea groups is 1. The molecule has 3 aromatic rings. The van der Waals surface area contributed by atoms with Crippen LogP contribution >= 0.6 is 0 Å². The maximum Gasteiger partial charge on any atom is 0.317 e. The molecule has 0 aromatic heterocycles. The first-order valence-electron chi connectivity index (χ1n) is 9.57. The van der Waals surface area contributed by atoms with Gasteiger partial charge in [0.2, 0.25) is 0 Å². The van der Waals surface area contributed by atoms with E-state index < -0.39 is 0 Å². The van der Waals surface area contributed by atoms with Crippen LogP contribution in [0.1, 0.15) is 5.56 Å². The van der Waals surface area contributed by atoms with E-state index in [-0.39, 0.29) is 6.03 Å². The summed E-state index contributed by atoms with van der Waals surface area (Å²) in [4.78, 5) is 13.9. The van der Waals surface area contributed by atoms with E-state index in [0.29, 0.717) is 19.7 Å². The number of carbonyl (C=O) groups excluding carboxylic acids is 1. The number of amides is 2. The average Bonchev–Trinajstić information content (AvgIpc) is 2.79. The summed E-state index contributed by atoms with van der Waals surface area (Å²) in [5.41, 5.74) is 3.34. The van der Waals surface area contributed by atoms with Crippen LogP contribution in [0.5, 0.6) is 11.5 Å². The van der Waals surface area contributed by atoms with Crippen LogP contribution in [-0.4, -0.2) is 38.2 Å². The zero-order valence-corrected chi connectivity index (χ0v) is 16.8. The second kappa shape index (κ2) is 10.2. The molecule has 0 unspecified atom stereocenters. The van der Waals surface area contributed by atoms with Gasteiger partial charge in [-0.2, -0.15) is 0 Å². The minimum absolute atomic E-state index is 0.135. The Balaban J connectivity index is 1.56. The molecule has 0 saturated carbocycles. The highest BCUT2D eigenvalue weighted by atomic mass is 16.5. The highest BCUT2D eigenvalue weighted by Crippen LogP contribution is 2.22. The first-order valence-corrected chi connectivity index (χ1v) is 9.57.